The molecule has 1 aromatic carbocycles. The SMILES string of the molecule is CC(=O)N[C@@H](Cc1ccc(O)cc1)C(=O)N[C@@H](CCCN=C(N)N)C(=O)NCC(=O)N[C@@H](CC(=O)O)C(=O)N[C@H](C(=O)O)C(C)C. The van der Waals surface area contributed by atoms with Crippen molar-refractivity contribution in [3.8, 4) is 5.75 Å². The van der Waals surface area contributed by atoms with Crippen molar-refractivity contribution in [1.82, 2.24) is 26.6 Å². The number of phenols is 1. The lowest BCUT2D eigenvalue weighted by Crippen LogP contribution is -2.56. The van der Waals surface area contributed by atoms with Crippen molar-refractivity contribution in [2.75, 3.05) is 13.1 Å². The van der Waals surface area contributed by atoms with Gasteiger partial charge in [0.15, 0.2) is 5.96 Å². The number of carbonyl (C=O) groups excluding carboxylic acids is 5. The van der Waals surface area contributed by atoms with Crippen LogP contribution >= 0.6 is 0 Å². The van der Waals surface area contributed by atoms with Crippen molar-refractivity contribution in [3.05, 3.63) is 29.8 Å². The van der Waals surface area contributed by atoms with Gasteiger partial charge in [0.25, 0.3) is 0 Å². The maximum Gasteiger partial charge on any atom is 0.326 e. The van der Waals surface area contributed by atoms with E-state index in [1.807, 2.05) is 0 Å². The molecule has 18 heteroatoms. The zero-order valence-corrected chi connectivity index (χ0v) is 25.7. The molecule has 0 aliphatic heterocycles. The molecule has 0 aliphatic rings. The third kappa shape index (κ3) is 14.8. The molecule has 0 aromatic heterocycles. The van der Waals surface area contributed by atoms with Crippen LogP contribution in [-0.4, -0.2) is 100 Å². The van der Waals surface area contributed by atoms with Gasteiger partial charge in [-0.3, -0.25) is 33.8 Å². The van der Waals surface area contributed by atoms with Gasteiger partial charge in [0.1, 0.15) is 29.9 Å². The van der Waals surface area contributed by atoms with Crippen molar-refractivity contribution in [3.63, 3.8) is 0 Å². The van der Waals surface area contributed by atoms with Gasteiger partial charge in [-0.05, 0) is 36.5 Å². The first kappa shape index (κ1) is 38.6. The quantitative estimate of drug-likeness (QED) is 0.0415. The third-order valence-electron chi connectivity index (χ3n) is 6.33. The Morgan fingerprint density at radius 3 is 1.96 bits per heavy atom. The zero-order chi connectivity index (χ0) is 35.0. The number of guanidine groups is 1. The Morgan fingerprint density at radius 1 is 0.826 bits per heavy atom. The fourth-order valence-electron chi connectivity index (χ4n) is 4.05. The monoisotopic (exact) mass is 650 g/mol. The Bertz CT molecular complexity index is 1280. The molecule has 0 spiro atoms. The average molecular weight is 651 g/mol. The van der Waals surface area contributed by atoms with Crippen LogP contribution in [0.5, 0.6) is 5.75 Å². The number of benzene rings is 1. The minimum atomic E-state index is -1.66. The minimum Gasteiger partial charge on any atom is -0.508 e. The summed E-state index contributed by atoms with van der Waals surface area (Å²) < 4.78 is 0. The predicted molar refractivity (Wildman–Crippen MR) is 163 cm³/mol. The maximum atomic E-state index is 13.2. The van der Waals surface area contributed by atoms with E-state index >= 15 is 0 Å². The Labute approximate surface area is 264 Å². The van der Waals surface area contributed by atoms with E-state index in [1.54, 1.807) is 12.1 Å². The Kier molecular flexibility index (Phi) is 16.0. The number of carbonyl (C=O) groups is 7. The van der Waals surface area contributed by atoms with Crippen LogP contribution in [0.2, 0.25) is 0 Å². The van der Waals surface area contributed by atoms with E-state index in [0.29, 0.717) is 5.56 Å². The second kappa shape index (κ2) is 19.1. The van der Waals surface area contributed by atoms with Gasteiger partial charge in [-0.25, -0.2) is 4.79 Å². The van der Waals surface area contributed by atoms with Gasteiger partial charge >= 0.3 is 11.9 Å². The number of phenolic OH excluding ortho intramolecular Hbond substituents is 1. The minimum absolute atomic E-state index is 0.000694. The molecule has 0 unspecified atom stereocenters. The van der Waals surface area contributed by atoms with Gasteiger partial charge in [-0.2, -0.15) is 0 Å². The van der Waals surface area contributed by atoms with Crippen molar-refractivity contribution < 1.29 is 48.9 Å². The molecule has 5 amide bonds. The number of carboxylic acid groups (broad SMARTS) is 2. The number of rotatable bonds is 19. The molecule has 254 valence electrons. The maximum absolute atomic E-state index is 13.2. The van der Waals surface area contributed by atoms with Gasteiger partial charge in [-0.15, -0.1) is 0 Å². The molecule has 4 atom stereocenters. The molecule has 0 radical (unpaired) electrons. The number of aromatic hydroxyl groups is 1. The lowest BCUT2D eigenvalue weighted by Gasteiger charge is -2.24. The van der Waals surface area contributed by atoms with Gasteiger partial charge < -0.3 is 53.4 Å². The zero-order valence-electron chi connectivity index (χ0n) is 25.7. The summed E-state index contributed by atoms with van der Waals surface area (Å²) in [6.07, 6.45) is -0.640. The van der Waals surface area contributed by atoms with Crippen LogP contribution < -0.4 is 38.1 Å². The van der Waals surface area contributed by atoms with Gasteiger partial charge in [0.05, 0.1) is 13.0 Å². The number of nitrogens with two attached hydrogens (primary N) is 2. The van der Waals surface area contributed by atoms with Gasteiger partial charge in [0.2, 0.25) is 29.5 Å². The highest BCUT2D eigenvalue weighted by atomic mass is 16.4. The highest BCUT2D eigenvalue weighted by Gasteiger charge is 2.31. The summed E-state index contributed by atoms with van der Waals surface area (Å²) in [7, 11) is 0. The fraction of sp³-hybridized carbons (Fsp3) is 0.500. The molecule has 46 heavy (non-hydrogen) atoms. The van der Waals surface area contributed by atoms with Crippen molar-refractivity contribution in [1.29, 1.82) is 0 Å². The second-order valence-electron chi connectivity index (χ2n) is 10.6. The third-order valence-corrected chi connectivity index (χ3v) is 6.33. The lowest BCUT2D eigenvalue weighted by atomic mass is 10.0. The van der Waals surface area contributed by atoms with Gasteiger partial charge in [0, 0.05) is 19.9 Å². The summed E-state index contributed by atoms with van der Waals surface area (Å²) >= 11 is 0. The molecule has 0 fully saturated rings. The molecule has 0 bridgehead atoms. The van der Waals surface area contributed by atoms with Crippen LogP contribution in [0.4, 0.5) is 0 Å². The standard InChI is InChI=1S/C28H42N8O10/c1-14(2)23(27(45)46)36-26(44)20(12-22(40)41)34-21(39)13-32-24(42)18(5-4-10-31-28(29)30)35-25(43)19(33-15(3)37)11-16-6-8-17(38)9-7-16/h6-9,14,18-20,23,38H,4-5,10-13H2,1-3H3,(H,32,42)(H,33,37)(H,34,39)(H,35,43)(H,36,44)(H,40,41)(H,45,46)(H4,29,30,31)/t18-,19-,20-,23-/m0/s1. The van der Waals surface area contributed by atoms with E-state index in [-0.39, 0.29) is 37.5 Å². The first-order chi connectivity index (χ1) is 21.5. The summed E-state index contributed by atoms with van der Waals surface area (Å²) in [6.45, 7) is 3.62. The highest BCUT2D eigenvalue weighted by molar-refractivity contribution is 5.95. The topological polar surface area (TPSA) is 305 Å². The first-order valence-corrected chi connectivity index (χ1v) is 14.2. The van der Waals surface area contributed by atoms with E-state index in [0.717, 1.165) is 0 Å². The van der Waals surface area contributed by atoms with E-state index in [9.17, 15) is 48.9 Å². The summed E-state index contributed by atoms with van der Waals surface area (Å²) in [5.41, 5.74) is 11.3. The predicted octanol–water partition coefficient (Wildman–Crippen LogP) is -2.72. The molecule has 0 aliphatic carbocycles. The largest absolute Gasteiger partial charge is 0.508 e. The van der Waals surface area contributed by atoms with Crippen molar-refractivity contribution in [2.45, 2.75) is 70.6 Å². The molecular weight excluding hydrogens is 608 g/mol. The summed E-state index contributed by atoms with van der Waals surface area (Å²) in [6, 6.07) is 0.552. The number of hydrogen-bond acceptors (Lipinski definition) is 9. The van der Waals surface area contributed by atoms with Crippen LogP contribution in [0.15, 0.2) is 29.3 Å². The molecule has 18 nitrogen and oxygen atoms in total. The van der Waals surface area contributed by atoms with Crippen molar-refractivity contribution >= 4 is 47.4 Å². The molecule has 1 rings (SSSR count). The van der Waals surface area contributed by atoms with Crippen LogP contribution in [0.3, 0.4) is 0 Å². The van der Waals surface area contributed by atoms with E-state index in [1.165, 1.54) is 32.9 Å². The van der Waals surface area contributed by atoms with E-state index in [2.05, 4.69) is 31.6 Å². The Morgan fingerprint density at radius 2 is 1.43 bits per heavy atom. The number of amides is 5. The number of nitrogens with zero attached hydrogens (tertiary/aromatic N) is 1. The summed E-state index contributed by atoms with van der Waals surface area (Å²) in [5, 5.41) is 39.7. The highest BCUT2D eigenvalue weighted by Crippen LogP contribution is 2.12. The van der Waals surface area contributed by atoms with E-state index < -0.39 is 84.5 Å². The van der Waals surface area contributed by atoms with Crippen LogP contribution in [0, 0.1) is 5.92 Å². The number of aliphatic imine (C=N–C) groups is 1. The average Bonchev–Trinajstić information content (AvgIpc) is 2.95. The fourth-order valence-corrected chi connectivity index (χ4v) is 4.05. The van der Waals surface area contributed by atoms with Crippen LogP contribution in [0.1, 0.15) is 45.6 Å². The summed E-state index contributed by atoms with van der Waals surface area (Å²) in [4.78, 5) is 89.9. The number of carboxylic acids is 2. The molecule has 0 heterocycles. The number of hydrogen-bond donors (Lipinski definition) is 10. The first-order valence-electron chi connectivity index (χ1n) is 14.2. The molecule has 0 saturated carbocycles. The summed E-state index contributed by atoms with van der Waals surface area (Å²) in [5.74, 6) is -7.65. The number of aliphatic carboxylic acids is 2. The van der Waals surface area contributed by atoms with Crippen LogP contribution in [0.25, 0.3) is 0 Å². The van der Waals surface area contributed by atoms with Crippen LogP contribution in [-0.2, 0) is 40.0 Å². The van der Waals surface area contributed by atoms with E-state index in [4.69, 9.17) is 11.5 Å². The molecule has 1 aromatic rings. The molecular formula is C28H42N8O10. The van der Waals surface area contributed by atoms with Gasteiger partial charge in [-0.1, -0.05) is 26.0 Å². The number of nitrogens with one attached hydrogen (secondary N) is 5. The second-order valence-corrected chi connectivity index (χ2v) is 10.6. The Hall–Kier alpha value is -5.42. The normalized spacial score (nSPS) is 13.2. The molecule has 0 saturated heterocycles. The lowest BCUT2D eigenvalue weighted by molar-refractivity contribution is -0.144. The Balaban J connectivity index is 3.03. The molecule has 12 N–H and O–H groups in total. The smallest absolute Gasteiger partial charge is 0.326 e. The van der Waals surface area contributed by atoms with Crippen molar-refractivity contribution in [2.24, 2.45) is 22.4 Å².